The first-order valence-corrected chi connectivity index (χ1v) is 9.31. The fourth-order valence-electron chi connectivity index (χ4n) is 2.99. The number of halogens is 1. The molecule has 0 fully saturated rings. The fraction of sp³-hybridized carbons (Fsp3) is 0.227. The van der Waals surface area contributed by atoms with Gasteiger partial charge < -0.3 is 14.5 Å². The third-order valence-corrected chi connectivity index (χ3v) is 4.51. The van der Waals surface area contributed by atoms with E-state index in [2.05, 4.69) is 5.32 Å². The van der Waals surface area contributed by atoms with Crippen LogP contribution in [-0.4, -0.2) is 19.1 Å². The minimum atomic E-state index is -0.123. The molecule has 140 valence electrons. The molecule has 1 aromatic heterocycles. The number of hydrogen-bond acceptors (Lipinski definition) is 3. The van der Waals surface area contributed by atoms with Gasteiger partial charge in [-0.1, -0.05) is 23.7 Å². The summed E-state index contributed by atoms with van der Waals surface area (Å²) >= 11 is 6.00. The zero-order valence-corrected chi connectivity index (χ0v) is 16.4. The smallest absolute Gasteiger partial charge is 0.244 e. The van der Waals surface area contributed by atoms with E-state index in [1.807, 2.05) is 57.2 Å². The number of benzene rings is 2. The number of hydrogen-bond donors (Lipinski definition) is 1. The Bertz CT molecular complexity index is 987. The number of carbonyl (C=O) groups is 1. The fourth-order valence-corrected chi connectivity index (χ4v) is 3.12. The molecule has 27 heavy (non-hydrogen) atoms. The lowest BCUT2D eigenvalue weighted by atomic mass is 9.99. The number of carbonyl (C=O) groups excluding carboxylic acids is 1. The molecule has 1 N–H and O–H groups in total. The third-order valence-electron chi connectivity index (χ3n) is 4.25. The highest BCUT2D eigenvalue weighted by Crippen LogP contribution is 2.37. The minimum absolute atomic E-state index is 0.123. The molecule has 0 aliphatic heterocycles. The van der Waals surface area contributed by atoms with Gasteiger partial charge in [-0.25, -0.2) is 0 Å². The van der Waals surface area contributed by atoms with Crippen LogP contribution in [0.15, 0.2) is 53.2 Å². The quantitative estimate of drug-likeness (QED) is 0.556. The summed E-state index contributed by atoms with van der Waals surface area (Å²) in [5.74, 6) is 0.572. The van der Waals surface area contributed by atoms with Gasteiger partial charge in [-0.2, -0.15) is 0 Å². The van der Waals surface area contributed by atoms with Crippen LogP contribution in [0.25, 0.3) is 27.7 Å². The van der Waals surface area contributed by atoms with Gasteiger partial charge in [0, 0.05) is 40.2 Å². The van der Waals surface area contributed by atoms with Crippen molar-refractivity contribution in [1.82, 2.24) is 5.32 Å². The minimum Gasteiger partial charge on any atom is -0.493 e. The number of furan rings is 1. The van der Waals surface area contributed by atoms with Crippen LogP contribution in [0.5, 0.6) is 5.75 Å². The third kappa shape index (κ3) is 4.17. The maximum absolute atomic E-state index is 12.0. The lowest BCUT2D eigenvalue weighted by molar-refractivity contribution is -0.116. The molecular weight excluding hydrogens is 362 g/mol. The zero-order valence-electron chi connectivity index (χ0n) is 15.6. The van der Waals surface area contributed by atoms with Gasteiger partial charge in [0.25, 0.3) is 0 Å². The number of likely N-dealkylation sites (N-methyl/N-ethyl adjacent to an activating group) is 1. The molecule has 0 aliphatic rings. The molecule has 3 aromatic rings. The lowest BCUT2D eigenvalue weighted by Gasteiger charge is -2.11. The van der Waals surface area contributed by atoms with Gasteiger partial charge >= 0.3 is 0 Å². The molecule has 0 saturated heterocycles. The van der Waals surface area contributed by atoms with Crippen molar-refractivity contribution in [2.45, 2.75) is 20.8 Å². The highest BCUT2D eigenvalue weighted by molar-refractivity contribution is 6.30. The van der Waals surface area contributed by atoms with Crippen molar-refractivity contribution in [2.75, 3.05) is 13.2 Å². The van der Waals surface area contributed by atoms with Crippen molar-refractivity contribution in [3.63, 3.8) is 0 Å². The van der Waals surface area contributed by atoms with Crippen LogP contribution in [0.3, 0.4) is 0 Å². The zero-order chi connectivity index (χ0) is 19.4. The maximum atomic E-state index is 12.0. The van der Waals surface area contributed by atoms with Crippen molar-refractivity contribution in [3.8, 4) is 16.9 Å². The molecule has 2 aromatic carbocycles. The van der Waals surface area contributed by atoms with E-state index < -0.39 is 0 Å². The van der Waals surface area contributed by atoms with Crippen LogP contribution >= 0.6 is 11.6 Å². The van der Waals surface area contributed by atoms with E-state index in [1.165, 1.54) is 0 Å². The van der Waals surface area contributed by atoms with Crippen LogP contribution in [0.1, 0.15) is 26.3 Å². The summed E-state index contributed by atoms with van der Waals surface area (Å²) in [6.45, 7) is 6.84. The molecule has 0 spiro atoms. The first kappa shape index (κ1) is 19.1. The highest BCUT2D eigenvalue weighted by atomic mass is 35.5. The van der Waals surface area contributed by atoms with Gasteiger partial charge in [0.1, 0.15) is 11.3 Å². The molecule has 0 aliphatic carbocycles. The van der Waals surface area contributed by atoms with Crippen molar-refractivity contribution in [2.24, 2.45) is 0 Å². The molecule has 1 heterocycles. The van der Waals surface area contributed by atoms with Gasteiger partial charge in [-0.15, -0.1) is 0 Å². The number of allylic oxidation sites excluding steroid dienone is 1. The van der Waals surface area contributed by atoms with Crippen molar-refractivity contribution < 1.29 is 13.9 Å². The molecule has 0 atom stereocenters. The van der Waals surface area contributed by atoms with Gasteiger partial charge in [0.2, 0.25) is 5.91 Å². The van der Waals surface area contributed by atoms with Crippen molar-refractivity contribution in [3.05, 3.63) is 59.3 Å². The predicted molar refractivity (Wildman–Crippen MR) is 110 cm³/mol. The highest BCUT2D eigenvalue weighted by Gasteiger charge is 2.15. The number of ether oxygens (including phenoxy) is 1. The number of fused-ring (bicyclic) bond motifs is 1. The monoisotopic (exact) mass is 383 g/mol. The van der Waals surface area contributed by atoms with E-state index in [1.54, 1.807) is 12.3 Å². The van der Waals surface area contributed by atoms with E-state index in [-0.39, 0.29) is 5.91 Å². The molecule has 0 saturated carbocycles. The number of rotatable bonds is 6. The van der Waals surface area contributed by atoms with E-state index in [9.17, 15) is 4.79 Å². The van der Waals surface area contributed by atoms with E-state index in [0.29, 0.717) is 23.9 Å². The second-order valence-corrected chi connectivity index (χ2v) is 6.59. The van der Waals surface area contributed by atoms with Crippen LogP contribution in [-0.2, 0) is 4.79 Å². The summed E-state index contributed by atoms with van der Waals surface area (Å²) in [5, 5.41) is 4.43. The molecule has 1 amide bonds. The first-order chi connectivity index (χ1) is 13.0. The van der Waals surface area contributed by atoms with E-state index >= 15 is 0 Å². The largest absolute Gasteiger partial charge is 0.493 e. The summed E-state index contributed by atoms with van der Waals surface area (Å²) in [5.41, 5.74) is 4.41. The van der Waals surface area contributed by atoms with E-state index in [0.717, 1.165) is 33.2 Å². The Morgan fingerprint density at radius 2 is 1.96 bits per heavy atom. The predicted octanol–water partition coefficient (Wildman–Crippen LogP) is 5.69. The van der Waals surface area contributed by atoms with Gasteiger partial charge in [-0.3, -0.25) is 4.79 Å². The topological polar surface area (TPSA) is 51.5 Å². The Kier molecular flexibility index (Phi) is 5.87. The van der Waals surface area contributed by atoms with Gasteiger partial charge in [-0.05, 0) is 50.1 Å². The molecular formula is C22H22ClNO3. The van der Waals surface area contributed by atoms with Gasteiger partial charge in [0.05, 0.1) is 12.9 Å². The summed E-state index contributed by atoms with van der Waals surface area (Å²) in [4.78, 5) is 12.0. The lowest BCUT2D eigenvalue weighted by Crippen LogP contribution is -2.20. The SMILES string of the molecule is CCNC(=O)/C=C(\C)c1cc2c(-c3ccc(Cl)cc3)coc2cc1OCC. The summed E-state index contributed by atoms with van der Waals surface area (Å²) in [6.07, 6.45) is 3.32. The van der Waals surface area contributed by atoms with Crippen molar-refractivity contribution in [1.29, 1.82) is 0 Å². The second kappa shape index (κ2) is 8.31. The molecule has 0 unspecified atom stereocenters. The Morgan fingerprint density at radius 3 is 2.63 bits per heavy atom. The standard InChI is InChI=1S/C22H22ClNO3/c1-4-24-22(25)10-14(3)17-11-18-19(15-6-8-16(23)9-7-15)13-27-21(18)12-20(17)26-5-2/h6-13H,4-5H2,1-3H3,(H,24,25)/b14-10+. The normalized spacial score (nSPS) is 11.6. The Labute approximate surface area is 163 Å². The molecule has 0 bridgehead atoms. The first-order valence-electron chi connectivity index (χ1n) is 8.94. The Balaban J connectivity index is 2.13. The Hall–Kier alpha value is -2.72. The molecule has 5 heteroatoms. The van der Waals surface area contributed by atoms with Gasteiger partial charge in [0.15, 0.2) is 0 Å². The maximum Gasteiger partial charge on any atom is 0.244 e. The number of amides is 1. The van der Waals surface area contributed by atoms with Crippen LogP contribution in [0.4, 0.5) is 0 Å². The summed E-state index contributed by atoms with van der Waals surface area (Å²) in [6, 6.07) is 11.5. The van der Waals surface area contributed by atoms with Crippen LogP contribution in [0.2, 0.25) is 5.02 Å². The van der Waals surface area contributed by atoms with Crippen LogP contribution < -0.4 is 10.1 Å². The van der Waals surface area contributed by atoms with Crippen LogP contribution in [0, 0.1) is 0 Å². The molecule has 0 radical (unpaired) electrons. The summed E-state index contributed by atoms with van der Waals surface area (Å²) < 4.78 is 11.6. The van der Waals surface area contributed by atoms with Crippen molar-refractivity contribution >= 4 is 34.1 Å². The van der Waals surface area contributed by atoms with E-state index in [4.69, 9.17) is 20.8 Å². The summed E-state index contributed by atoms with van der Waals surface area (Å²) in [7, 11) is 0. The molecule has 4 nitrogen and oxygen atoms in total. The Morgan fingerprint density at radius 1 is 1.22 bits per heavy atom. The molecule has 3 rings (SSSR count). The average molecular weight is 384 g/mol. The second-order valence-electron chi connectivity index (χ2n) is 6.16. The average Bonchev–Trinajstić information content (AvgIpc) is 3.05. The number of nitrogens with one attached hydrogen (secondary N) is 1.